The summed E-state index contributed by atoms with van der Waals surface area (Å²) in [4.78, 5) is 14.0. The maximum atomic E-state index is 15.0. The number of nitrogen functional groups attached to an aromatic ring is 1. The zero-order chi connectivity index (χ0) is 22.9. The van der Waals surface area contributed by atoms with Gasteiger partial charge in [-0.2, -0.15) is 4.98 Å². The lowest BCUT2D eigenvalue weighted by Gasteiger charge is -2.28. The molecular weight excluding hydrogens is 423 g/mol. The number of nitrogens with zero attached hydrogens (tertiary/aromatic N) is 5. The highest BCUT2D eigenvalue weighted by Gasteiger charge is 2.26. The minimum atomic E-state index is -0.579. The van der Waals surface area contributed by atoms with E-state index in [2.05, 4.69) is 19.8 Å². The molecule has 0 bridgehead atoms. The number of nitrogens with two attached hydrogens (primary N) is 1. The molecule has 2 aliphatic heterocycles. The Morgan fingerprint density at radius 3 is 1.97 bits per heavy atom. The van der Waals surface area contributed by atoms with Crippen molar-refractivity contribution in [2.75, 3.05) is 59.8 Å². The van der Waals surface area contributed by atoms with Gasteiger partial charge in [-0.25, -0.2) is 9.37 Å². The maximum absolute atomic E-state index is 15.0. The number of β-amino-alcohol motifs (C(OH)–C–C–N with tert-alkyl or cyclic N) is 2. The number of aliphatic hydroxyl groups is 2. The van der Waals surface area contributed by atoms with Gasteiger partial charge >= 0.3 is 0 Å². The molecule has 1 aromatic heterocycles. The van der Waals surface area contributed by atoms with Crippen LogP contribution in [-0.2, 0) is 12.8 Å². The van der Waals surface area contributed by atoms with E-state index in [1.54, 1.807) is 4.90 Å². The minimum absolute atomic E-state index is 0.0115. The van der Waals surface area contributed by atoms with Gasteiger partial charge in [-0.1, -0.05) is 12.1 Å². The van der Waals surface area contributed by atoms with Crippen molar-refractivity contribution in [2.45, 2.75) is 12.8 Å². The van der Waals surface area contributed by atoms with Crippen molar-refractivity contribution in [3.8, 4) is 0 Å². The summed E-state index contributed by atoms with van der Waals surface area (Å²) in [5, 5.41) is 18.9. The van der Waals surface area contributed by atoms with Gasteiger partial charge in [0.05, 0.1) is 19.4 Å². The van der Waals surface area contributed by atoms with Crippen LogP contribution in [0, 0.1) is 5.82 Å². The van der Waals surface area contributed by atoms with Crippen molar-refractivity contribution in [1.29, 1.82) is 0 Å². The summed E-state index contributed by atoms with van der Waals surface area (Å²) < 4.78 is 15.0. The number of hydrogen-bond acceptors (Lipinski definition) is 8. The Balaban J connectivity index is 1.64. The van der Waals surface area contributed by atoms with Crippen molar-refractivity contribution >= 4 is 34.5 Å². The van der Waals surface area contributed by atoms with Crippen molar-refractivity contribution < 1.29 is 14.6 Å². The standard InChI is InChI=1S/C24H27FN6O2/c25-20-15-27-24(26)28-23(20)31(18-3-1-16-5-7-29(9-11-32)21(16)13-18)19-4-2-17-6-8-30(10-12-33)22(17)14-19/h1-4,13-15,32-33H,5-12H2,(H2,26,27,28). The lowest BCUT2D eigenvalue weighted by molar-refractivity contribution is 0.302. The number of aliphatic hydroxyl groups excluding tert-OH is 2. The molecule has 2 aromatic carbocycles. The molecule has 0 spiro atoms. The van der Waals surface area contributed by atoms with E-state index in [0.29, 0.717) is 13.1 Å². The topological polar surface area (TPSA) is 102 Å². The van der Waals surface area contributed by atoms with Crippen LogP contribution in [0.4, 0.5) is 38.9 Å². The number of rotatable bonds is 7. The third-order valence-electron chi connectivity index (χ3n) is 6.33. The molecule has 0 fully saturated rings. The summed E-state index contributed by atoms with van der Waals surface area (Å²) in [6.45, 7) is 2.89. The second kappa shape index (κ2) is 8.84. The molecule has 0 saturated carbocycles. The number of aromatic nitrogens is 2. The highest BCUT2D eigenvalue weighted by atomic mass is 19.1. The van der Waals surface area contributed by atoms with Crippen molar-refractivity contribution in [2.24, 2.45) is 0 Å². The predicted molar refractivity (Wildman–Crippen MR) is 127 cm³/mol. The van der Waals surface area contributed by atoms with Gasteiger partial charge in [0.2, 0.25) is 5.95 Å². The molecular formula is C24H27FN6O2. The number of halogens is 1. The van der Waals surface area contributed by atoms with Gasteiger partial charge in [0.1, 0.15) is 0 Å². The third kappa shape index (κ3) is 3.94. The molecule has 5 rings (SSSR count). The summed E-state index contributed by atoms with van der Waals surface area (Å²) in [7, 11) is 0. The van der Waals surface area contributed by atoms with Crippen molar-refractivity contribution in [3.05, 3.63) is 59.5 Å². The molecule has 2 aliphatic rings. The molecule has 0 atom stereocenters. The fourth-order valence-electron chi connectivity index (χ4n) is 4.77. The summed E-state index contributed by atoms with van der Waals surface area (Å²) in [5.41, 5.74) is 11.7. The highest BCUT2D eigenvalue weighted by Crippen LogP contribution is 2.41. The van der Waals surface area contributed by atoms with Crippen molar-refractivity contribution in [1.82, 2.24) is 9.97 Å². The smallest absolute Gasteiger partial charge is 0.222 e. The van der Waals surface area contributed by atoms with Crippen molar-refractivity contribution in [3.63, 3.8) is 0 Å². The predicted octanol–water partition coefficient (Wildman–Crippen LogP) is 2.38. The Bertz CT molecular complexity index is 1100. The van der Waals surface area contributed by atoms with Crippen LogP contribution in [0.5, 0.6) is 0 Å². The van der Waals surface area contributed by atoms with Crippen LogP contribution in [0.2, 0.25) is 0 Å². The first-order valence-electron chi connectivity index (χ1n) is 11.1. The Morgan fingerprint density at radius 1 is 0.909 bits per heavy atom. The number of anilines is 6. The molecule has 0 saturated heterocycles. The van der Waals surface area contributed by atoms with Crippen LogP contribution in [-0.4, -0.2) is 59.6 Å². The Labute approximate surface area is 191 Å². The first kappa shape index (κ1) is 21.4. The molecule has 3 heterocycles. The monoisotopic (exact) mass is 450 g/mol. The average Bonchev–Trinajstić information content (AvgIpc) is 3.41. The van der Waals surface area contributed by atoms with Gasteiger partial charge in [-0.05, 0) is 48.2 Å². The summed E-state index contributed by atoms with van der Waals surface area (Å²) in [6, 6.07) is 12.0. The van der Waals surface area contributed by atoms with Crippen LogP contribution in [0.25, 0.3) is 0 Å². The quantitative estimate of drug-likeness (QED) is 0.504. The molecule has 9 heteroatoms. The molecule has 172 valence electrons. The van der Waals surface area contributed by atoms with E-state index in [0.717, 1.165) is 54.9 Å². The SMILES string of the molecule is Nc1ncc(F)c(N(c2ccc3c(c2)N(CCO)CC3)c2ccc3c(c2)N(CCO)CC3)n1. The second-order valence-electron chi connectivity index (χ2n) is 8.28. The molecule has 0 amide bonds. The molecule has 33 heavy (non-hydrogen) atoms. The molecule has 0 unspecified atom stereocenters. The highest BCUT2D eigenvalue weighted by molar-refractivity contribution is 5.81. The van der Waals surface area contributed by atoms with Gasteiger partial charge in [0, 0.05) is 48.9 Å². The van der Waals surface area contributed by atoms with Crippen LogP contribution in [0.3, 0.4) is 0 Å². The van der Waals surface area contributed by atoms with E-state index < -0.39 is 5.82 Å². The average molecular weight is 451 g/mol. The van der Waals surface area contributed by atoms with Gasteiger partial charge < -0.3 is 25.7 Å². The Hall–Kier alpha value is -3.43. The zero-order valence-corrected chi connectivity index (χ0v) is 18.3. The minimum Gasteiger partial charge on any atom is -0.395 e. The Morgan fingerprint density at radius 2 is 1.45 bits per heavy atom. The number of benzene rings is 2. The molecule has 3 aromatic rings. The van der Waals surface area contributed by atoms with Gasteiger partial charge in [0.25, 0.3) is 0 Å². The third-order valence-corrected chi connectivity index (χ3v) is 6.33. The fraction of sp³-hybridized carbons (Fsp3) is 0.333. The van der Waals surface area contributed by atoms with Gasteiger partial charge in [-0.15, -0.1) is 0 Å². The Kier molecular flexibility index (Phi) is 5.74. The van der Waals surface area contributed by atoms with Gasteiger partial charge in [-0.3, -0.25) is 4.90 Å². The van der Waals surface area contributed by atoms with E-state index in [1.807, 2.05) is 36.4 Å². The largest absolute Gasteiger partial charge is 0.395 e. The van der Waals surface area contributed by atoms with E-state index in [9.17, 15) is 10.2 Å². The lowest BCUT2D eigenvalue weighted by Crippen LogP contribution is -2.24. The van der Waals surface area contributed by atoms with E-state index in [-0.39, 0.29) is 25.0 Å². The molecule has 0 aliphatic carbocycles. The van der Waals surface area contributed by atoms with E-state index in [4.69, 9.17) is 5.73 Å². The lowest BCUT2D eigenvalue weighted by atomic mass is 10.1. The summed E-state index contributed by atoms with van der Waals surface area (Å²) in [5.74, 6) is -0.520. The fourth-order valence-corrected chi connectivity index (χ4v) is 4.77. The zero-order valence-electron chi connectivity index (χ0n) is 18.3. The van der Waals surface area contributed by atoms with E-state index >= 15 is 4.39 Å². The van der Waals surface area contributed by atoms with Gasteiger partial charge in [0.15, 0.2) is 11.6 Å². The molecule has 4 N–H and O–H groups in total. The van der Waals surface area contributed by atoms with E-state index in [1.165, 1.54) is 11.1 Å². The first-order chi connectivity index (χ1) is 16.1. The molecule has 0 radical (unpaired) electrons. The van der Waals surface area contributed by atoms with Crippen LogP contribution < -0.4 is 20.4 Å². The van der Waals surface area contributed by atoms with Crippen LogP contribution in [0.15, 0.2) is 42.6 Å². The number of hydrogen-bond donors (Lipinski definition) is 3. The molecule has 8 nitrogen and oxygen atoms in total. The first-order valence-corrected chi connectivity index (χ1v) is 11.1. The van der Waals surface area contributed by atoms with Crippen LogP contribution in [0.1, 0.15) is 11.1 Å². The second-order valence-corrected chi connectivity index (χ2v) is 8.28. The maximum Gasteiger partial charge on any atom is 0.222 e. The normalized spacial score (nSPS) is 14.5. The van der Waals surface area contributed by atoms with Crippen LogP contribution >= 0.6 is 0 Å². The summed E-state index contributed by atoms with van der Waals surface area (Å²) in [6.07, 6.45) is 2.89. The summed E-state index contributed by atoms with van der Waals surface area (Å²) >= 11 is 0. The number of fused-ring (bicyclic) bond motifs is 2.